The summed E-state index contributed by atoms with van der Waals surface area (Å²) in [6.07, 6.45) is 1.52. The molecular formula is C23H20N6O2. The molecule has 0 fully saturated rings. The highest BCUT2D eigenvalue weighted by Crippen LogP contribution is 2.29. The van der Waals surface area contributed by atoms with Crippen molar-refractivity contribution in [3.05, 3.63) is 71.5 Å². The zero-order chi connectivity index (χ0) is 22.0. The van der Waals surface area contributed by atoms with Crippen molar-refractivity contribution in [1.29, 1.82) is 5.26 Å². The lowest BCUT2D eigenvalue weighted by Gasteiger charge is -2.09. The van der Waals surface area contributed by atoms with Gasteiger partial charge in [-0.25, -0.2) is 4.98 Å². The Hall–Kier alpha value is -4.38. The smallest absolute Gasteiger partial charge is 0.269 e. The number of hydrogen-bond acceptors (Lipinski definition) is 6. The van der Waals surface area contributed by atoms with Crippen molar-refractivity contribution < 1.29 is 9.53 Å². The minimum atomic E-state index is -0.283. The third-order valence-corrected chi connectivity index (χ3v) is 4.82. The van der Waals surface area contributed by atoms with Crippen molar-refractivity contribution in [3.63, 3.8) is 0 Å². The quantitative estimate of drug-likeness (QED) is 0.512. The zero-order valence-corrected chi connectivity index (χ0v) is 17.3. The van der Waals surface area contributed by atoms with E-state index in [0.717, 1.165) is 16.6 Å². The molecule has 2 aromatic heterocycles. The minimum absolute atomic E-state index is 0.275. The molecule has 0 bridgehead atoms. The second-order valence-corrected chi connectivity index (χ2v) is 6.99. The van der Waals surface area contributed by atoms with Crippen molar-refractivity contribution >= 4 is 28.6 Å². The van der Waals surface area contributed by atoms with Gasteiger partial charge in [0.2, 0.25) is 5.95 Å². The van der Waals surface area contributed by atoms with Gasteiger partial charge in [-0.15, -0.1) is 0 Å². The number of carbonyl (C=O) groups excluding carboxylic acids is 1. The normalized spacial score (nSPS) is 10.5. The largest absolute Gasteiger partial charge is 0.457 e. The Labute approximate surface area is 179 Å². The van der Waals surface area contributed by atoms with Gasteiger partial charge in [0.15, 0.2) is 0 Å². The number of hydrogen-bond donors (Lipinski definition) is 2. The summed E-state index contributed by atoms with van der Waals surface area (Å²) >= 11 is 0. The molecule has 0 aliphatic heterocycles. The van der Waals surface area contributed by atoms with Crippen LogP contribution in [0, 0.1) is 18.3 Å². The molecular weight excluding hydrogens is 392 g/mol. The van der Waals surface area contributed by atoms with Gasteiger partial charge in [-0.3, -0.25) is 9.78 Å². The summed E-state index contributed by atoms with van der Waals surface area (Å²) in [5.41, 5.74) is 4.21. The number of anilines is 2. The van der Waals surface area contributed by atoms with Gasteiger partial charge in [-0.1, -0.05) is 6.07 Å². The number of ether oxygens (including phenoxy) is 1. The average molecular weight is 412 g/mol. The Balaban J connectivity index is 1.63. The molecule has 0 spiro atoms. The Bertz CT molecular complexity index is 1340. The molecule has 0 radical (unpaired) electrons. The van der Waals surface area contributed by atoms with Gasteiger partial charge in [0, 0.05) is 32.4 Å². The minimum Gasteiger partial charge on any atom is -0.457 e. The molecule has 0 atom stereocenters. The number of aryl methyl sites for hydroxylation is 2. The van der Waals surface area contributed by atoms with Crippen molar-refractivity contribution in [3.8, 4) is 17.6 Å². The fourth-order valence-corrected chi connectivity index (χ4v) is 3.20. The molecule has 31 heavy (non-hydrogen) atoms. The number of imidazole rings is 1. The molecule has 0 unspecified atom stereocenters. The highest BCUT2D eigenvalue weighted by molar-refractivity contribution is 5.92. The van der Waals surface area contributed by atoms with Crippen LogP contribution in [0.4, 0.5) is 11.6 Å². The van der Waals surface area contributed by atoms with Gasteiger partial charge < -0.3 is 19.9 Å². The van der Waals surface area contributed by atoms with E-state index in [1.807, 2.05) is 48.9 Å². The third kappa shape index (κ3) is 4.02. The first-order chi connectivity index (χ1) is 15.0. The van der Waals surface area contributed by atoms with Crippen molar-refractivity contribution in [2.24, 2.45) is 7.05 Å². The van der Waals surface area contributed by atoms with Crippen LogP contribution in [0.25, 0.3) is 11.0 Å². The van der Waals surface area contributed by atoms with Gasteiger partial charge in [0.05, 0.1) is 22.3 Å². The summed E-state index contributed by atoms with van der Waals surface area (Å²) in [4.78, 5) is 20.5. The highest BCUT2D eigenvalue weighted by atomic mass is 16.5. The van der Waals surface area contributed by atoms with Crippen LogP contribution < -0.4 is 15.4 Å². The molecule has 0 saturated carbocycles. The van der Waals surface area contributed by atoms with E-state index in [2.05, 4.69) is 26.7 Å². The third-order valence-electron chi connectivity index (χ3n) is 4.82. The molecule has 0 saturated heterocycles. The van der Waals surface area contributed by atoms with E-state index in [1.165, 1.54) is 6.20 Å². The van der Waals surface area contributed by atoms with E-state index in [1.54, 1.807) is 25.2 Å². The number of benzene rings is 2. The number of pyridine rings is 1. The number of nitrogens with one attached hydrogen (secondary N) is 2. The van der Waals surface area contributed by atoms with Crippen LogP contribution in [0.15, 0.2) is 54.7 Å². The van der Waals surface area contributed by atoms with Crippen LogP contribution in [0.5, 0.6) is 11.5 Å². The molecule has 154 valence electrons. The summed E-state index contributed by atoms with van der Waals surface area (Å²) in [6.45, 7) is 1.97. The Kier molecular flexibility index (Phi) is 5.24. The van der Waals surface area contributed by atoms with E-state index in [0.29, 0.717) is 28.7 Å². The summed E-state index contributed by atoms with van der Waals surface area (Å²) in [5, 5.41) is 15.2. The first kappa shape index (κ1) is 19.9. The number of fused-ring (bicyclic) bond motifs is 1. The van der Waals surface area contributed by atoms with E-state index in [9.17, 15) is 10.1 Å². The molecule has 2 aromatic carbocycles. The molecule has 2 N–H and O–H groups in total. The van der Waals surface area contributed by atoms with E-state index >= 15 is 0 Å². The lowest BCUT2D eigenvalue weighted by molar-refractivity contribution is 0.0958. The number of nitrogens with zero attached hydrogens (tertiary/aromatic N) is 4. The summed E-state index contributed by atoms with van der Waals surface area (Å²) in [7, 11) is 3.45. The Morgan fingerprint density at radius 1 is 1.13 bits per heavy atom. The first-order valence-electron chi connectivity index (χ1n) is 9.58. The van der Waals surface area contributed by atoms with E-state index in [4.69, 9.17) is 4.74 Å². The second kappa shape index (κ2) is 8.16. The molecule has 0 aliphatic carbocycles. The molecule has 1 amide bonds. The Morgan fingerprint density at radius 3 is 2.71 bits per heavy atom. The summed E-state index contributed by atoms with van der Waals surface area (Å²) in [5.74, 6) is 1.41. The van der Waals surface area contributed by atoms with Crippen LogP contribution in [0.3, 0.4) is 0 Å². The van der Waals surface area contributed by atoms with Crippen molar-refractivity contribution in [2.75, 3.05) is 12.4 Å². The molecule has 8 nitrogen and oxygen atoms in total. The lowest BCUT2D eigenvalue weighted by atomic mass is 10.1. The first-order valence-corrected chi connectivity index (χ1v) is 9.58. The van der Waals surface area contributed by atoms with Crippen LogP contribution in [-0.4, -0.2) is 27.5 Å². The maximum Gasteiger partial charge on any atom is 0.269 e. The van der Waals surface area contributed by atoms with E-state index < -0.39 is 0 Å². The number of nitriles is 1. The van der Waals surface area contributed by atoms with Gasteiger partial charge in [0.25, 0.3) is 5.91 Å². The molecule has 8 heteroatoms. The number of amides is 1. The number of aromatic nitrogens is 3. The predicted molar refractivity (Wildman–Crippen MR) is 118 cm³/mol. The fraction of sp³-hybridized carbons (Fsp3) is 0.130. The van der Waals surface area contributed by atoms with Gasteiger partial charge in [-0.2, -0.15) is 5.26 Å². The fourth-order valence-electron chi connectivity index (χ4n) is 3.20. The second-order valence-electron chi connectivity index (χ2n) is 6.99. The zero-order valence-electron chi connectivity index (χ0n) is 17.3. The van der Waals surface area contributed by atoms with Gasteiger partial charge >= 0.3 is 0 Å². The number of carbonyl (C=O) groups is 1. The van der Waals surface area contributed by atoms with Crippen molar-refractivity contribution in [1.82, 2.24) is 19.9 Å². The van der Waals surface area contributed by atoms with Gasteiger partial charge in [-0.05, 0) is 42.8 Å². The monoisotopic (exact) mass is 412 g/mol. The molecule has 4 rings (SSSR count). The molecule has 2 heterocycles. The maximum absolute atomic E-state index is 11.8. The molecule has 0 aliphatic rings. The average Bonchev–Trinajstić information content (AvgIpc) is 3.08. The van der Waals surface area contributed by atoms with E-state index in [-0.39, 0.29) is 11.6 Å². The standard InChI is InChI=1S/C23H20N6O2/c1-14-4-5-15(13-24)18(10-14)27-23-28-19-11-16(6-7-21(19)29(23)3)31-17-8-9-26-20(12-17)22(30)25-2/h4-12H,1-3H3,(H,25,30)(H,27,28). The van der Waals surface area contributed by atoms with Crippen LogP contribution in [0.1, 0.15) is 21.6 Å². The van der Waals surface area contributed by atoms with Crippen LogP contribution in [-0.2, 0) is 7.05 Å². The lowest BCUT2D eigenvalue weighted by Crippen LogP contribution is -2.18. The van der Waals surface area contributed by atoms with Gasteiger partial charge in [0.1, 0.15) is 23.3 Å². The summed E-state index contributed by atoms with van der Waals surface area (Å²) in [6, 6.07) is 16.6. The SMILES string of the molecule is CNC(=O)c1cc(Oc2ccc3c(c2)nc(Nc2cc(C)ccc2C#N)n3C)ccn1. The summed E-state index contributed by atoms with van der Waals surface area (Å²) < 4.78 is 7.82. The van der Waals surface area contributed by atoms with Crippen molar-refractivity contribution in [2.45, 2.75) is 6.92 Å². The predicted octanol–water partition coefficient (Wildman–Crippen LogP) is 4.04. The van der Waals surface area contributed by atoms with Crippen LogP contribution in [0.2, 0.25) is 0 Å². The topological polar surface area (TPSA) is 105 Å². The maximum atomic E-state index is 11.8. The highest BCUT2D eigenvalue weighted by Gasteiger charge is 2.12. The Morgan fingerprint density at radius 2 is 1.94 bits per heavy atom. The van der Waals surface area contributed by atoms with Crippen LogP contribution >= 0.6 is 0 Å². The molecule has 4 aromatic rings. The number of rotatable bonds is 5.